The zero-order valence-electron chi connectivity index (χ0n) is 40.8. The standard InChI is InChI=1S/C65H58N4O/c1-63(2,47-24-13-8-14-25-47)50-36-37-66-62(41-50)69-59-33-20-19-32-57(59)58-35-34-56(43-60(58)69)70-55-31-21-30-53(42-55)67-44-61(46-22-11-7-12-23-46)68(45-67)54-39-51(64(3,4)48-26-15-9-16-27-48)38-52(40-54)65(5,6)49-28-17-10-18-29-49/h7-44H,45H2,1-6H3. The molecule has 5 heteroatoms. The maximum absolute atomic E-state index is 6.83. The van der Waals surface area contributed by atoms with E-state index in [1.165, 1.54) is 38.8 Å². The Morgan fingerprint density at radius 1 is 0.414 bits per heavy atom. The smallest absolute Gasteiger partial charge is 0.137 e. The number of fused-ring (bicyclic) bond motifs is 3. The Kier molecular flexibility index (Phi) is 11.2. The van der Waals surface area contributed by atoms with Crippen molar-refractivity contribution in [3.63, 3.8) is 0 Å². The molecule has 5 nitrogen and oxygen atoms in total. The molecular weight excluding hydrogens is 853 g/mol. The third-order valence-electron chi connectivity index (χ3n) is 14.8. The Hall–Kier alpha value is -8.15. The number of aromatic nitrogens is 2. The molecule has 0 saturated carbocycles. The molecule has 0 unspecified atom stereocenters. The number of nitrogens with zero attached hydrogens (tertiary/aromatic N) is 4. The molecule has 0 spiro atoms. The zero-order chi connectivity index (χ0) is 48.0. The maximum atomic E-state index is 6.83. The lowest BCUT2D eigenvalue weighted by Crippen LogP contribution is -2.28. The van der Waals surface area contributed by atoms with Gasteiger partial charge in [0.25, 0.3) is 0 Å². The van der Waals surface area contributed by atoms with E-state index in [0.29, 0.717) is 6.67 Å². The largest absolute Gasteiger partial charge is 0.457 e. The third kappa shape index (κ3) is 8.11. The lowest BCUT2D eigenvalue weighted by Gasteiger charge is -2.34. The molecule has 0 aliphatic carbocycles. The quantitative estimate of drug-likeness (QED) is 0.122. The highest BCUT2D eigenvalue weighted by atomic mass is 16.5. The first-order chi connectivity index (χ1) is 33.9. The van der Waals surface area contributed by atoms with E-state index < -0.39 is 0 Å². The van der Waals surface area contributed by atoms with E-state index in [0.717, 1.165) is 56.4 Å². The number of hydrogen-bond acceptors (Lipinski definition) is 4. The van der Waals surface area contributed by atoms with Gasteiger partial charge in [-0.25, -0.2) is 4.98 Å². The molecule has 10 aromatic rings. The zero-order valence-corrected chi connectivity index (χ0v) is 40.8. The molecule has 0 radical (unpaired) electrons. The molecule has 70 heavy (non-hydrogen) atoms. The molecule has 0 N–H and O–H groups in total. The first kappa shape index (κ1) is 44.4. The van der Waals surface area contributed by atoms with Crippen LogP contribution in [-0.4, -0.2) is 16.2 Å². The van der Waals surface area contributed by atoms with Gasteiger partial charge in [-0.05, 0) is 93.5 Å². The van der Waals surface area contributed by atoms with Crippen molar-refractivity contribution >= 4 is 38.9 Å². The van der Waals surface area contributed by atoms with Crippen LogP contribution in [0.25, 0.3) is 33.3 Å². The molecule has 8 aromatic carbocycles. The van der Waals surface area contributed by atoms with Crippen LogP contribution in [0.3, 0.4) is 0 Å². The second kappa shape index (κ2) is 17.7. The van der Waals surface area contributed by atoms with E-state index in [1.807, 2.05) is 12.3 Å². The average Bonchev–Trinajstić information content (AvgIpc) is 4.00. The van der Waals surface area contributed by atoms with Gasteiger partial charge in [0.1, 0.15) is 17.3 Å². The summed E-state index contributed by atoms with van der Waals surface area (Å²) in [5, 5.41) is 2.32. The third-order valence-corrected chi connectivity index (χ3v) is 14.8. The number of benzene rings is 8. The van der Waals surface area contributed by atoms with E-state index in [2.05, 4.69) is 274 Å². The molecule has 0 saturated heterocycles. The lowest BCUT2D eigenvalue weighted by atomic mass is 9.73. The lowest BCUT2D eigenvalue weighted by molar-refractivity contribution is 0.483. The van der Waals surface area contributed by atoms with Crippen LogP contribution in [0.4, 0.5) is 11.4 Å². The molecule has 1 aliphatic heterocycles. The van der Waals surface area contributed by atoms with Crippen LogP contribution >= 0.6 is 0 Å². The molecule has 0 amide bonds. The fourth-order valence-corrected chi connectivity index (χ4v) is 10.3. The van der Waals surface area contributed by atoms with Crippen LogP contribution in [0.5, 0.6) is 11.5 Å². The summed E-state index contributed by atoms with van der Waals surface area (Å²) in [6.07, 6.45) is 4.22. The van der Waals surface area contributed by atoms with Crippen molar-refractivity contribution in [1.29, 1.82) is 0 Å². The van der Waals surface area contributed by atoms with Gasteiger partial charge < -0.3 is 14.5 Å². The van der Waals surface area contributed by atoms with Gasteiger partial charge in [0, 0.05) is 62.9 Å². The number of rotatable bonds is 12. The number of anilines is 2. The van der Waals surface area contributed by atoms with Gasteiger partial charge >= 0.3 is 0 Å². The van der Waals surface area contributed by atoms with Crippen LogP contribution < -0.4 is 14.5 Å². The van der Waals surface area contributed by atoms with E-state index in [1.54, 1.807) is 0 Å². The van der Waals surface area contributed by atoms with Gasteiger partial charge in [0.2, 0.25) is 0 Å². The number of ether oxygens (including phenoxy) is 1. The maximum Gasteiger partial charge on any atom is 0.137 e. The van der Waals surface area contributed by atoms with E-state index in [-0.39, 0.29) is 16.2 Å². The summed E-state index contributed by atoms with van der Waals surface area (Å²) >= 11 is 0. The molecule has 0 atom stereocenters. The van der Waals surface area contributed by atoms with Crippen molar-refractivity contribution in [2.75, 3.05) is 16.5 Å². The second-order valence-electron chi connectivity index (χ2n) is 20.2. The fourth-order valence-electron chi connectivity index (χ4n) is 10.3. The minimum atomic E-state index is -0.252. The fraction of sp³-hybridized carbons (Fsp3) is 0.154. The van der Waals surface area contributed by atoms with Gasteiger partial charge in [0.15, 0.2) is 0 Å². The molecule has 11 rings (SSSR count). The number of para-hydroxylation sites is 1. The summed E-state index contributed by atoms with van der Waals surface area (Å²) in [6, 6.07) is 78.3. The van der Waals surface area contributed by atoms with Gasteiger partial charge in [-0.3, -0.25) is 4.57 Å². The second-order valence-corrected chi connectivity index (χ2v) is 20.2. The normalized spacial score (nSPS) is 13.3. The summed E-state index contributed by atoms with van der Waals surface area (Å²) in [7, 11) is 0. The Balaban J connectivity index is 0.956. The highest BCUT2D eigenvalue weighted by molar-refractivity contribution is 6.09. The molecule has 0 fully saturated rings. The summed E-state index contributed by atoms with van der Waals surface area (Å²) in [4.78, 5) is 9.79. The van der Waals surface area contributed by atoms with Crippen molar-refractivity contribution < 1.29 is 4.74 Å². The van der Waals surface area contributed by atoms with Crippen LogP contribution in [0, 0.1) is 0 Å². The monoisotopic (exact) mass is 910 g/mol. The topological polar surface area (TPSA) is 33.5 Å². The Labute approximate surface area is 412 Å². The molecule has 0 bridgehead atoms. The van der Waals surface area contributed by atoms with Gasteiger partial charge in [-0.2, -0.15) is 0 Å². The highest BCUT2D eigenvalue weighted by Crippen LogP contribution is 2.44. The summed E-state index contributed by atoms with van der Waals surface area (Å²) < 4.78 is 9.10. The highest BCUT2D eigenvalue weighted by Gasteiger charge is 2.32. The first-order valence-corrected chi connectivity index (χ1v) is 24.4. The minimum Gasteiger partial charge on any atom is -0.457 e. The summed E-state index contributed by atoms with van der Waals surface area (Å²) in [5.74, 6) is 2.39. The predicted molar refractivity (Wildman–Crippen MR) is 291 cm³/mol. The Bertz CT molecular complexity index is 3450. The van der Waals surface area contributed by atoms with E-state index >= 15 is 0 Å². The van der Waals surface area contributed by atoms with Crippen LogP contribution in [-0.2, 0) is 16.2 Å². The molecule has 3 heterocycles. The summed E-state index contributed by atoms with van der Waals surface area (Å²) in [5.41, 5.74) is 13.5. The number of hydrogen-bond donors (Lipinski definition) is 0. The minimum absolute atomic E-state index is 0.216. The van der Waals surface area contributed by atoms with Crippen LogP contribution in [0.15, 0.2) is 231 Å². The number of pyridine rings is 1. The van der Waals surface area contributed by atoms with Crippen molar-refractivity contribution in [2.24, 2.45) is 0 Å². The Morgan fingerprint density at radius 3 is 1.59 bits per heavy atom. The predicted octanol–water partition coefficient (Wildman–Crippen LogP) is 16.2. The van der Waals surface area contributed by atoms with Crippen LogP contribution in [0.2, 0.25) is 0 Å². The van der Waals surface area contributed by atoms with Crippen LogP contribution in [0.1, 0.15) is 80.5 Å². The van der Waals surface area contributed by atoms with Crippen molar-refractivity contribution in [3.8, 4) is 17.3 Å². The molecule has 2 aromatic heterocycles. The van der Waals surface area contributed by atoms with Gasteiger partial charge in [-0.15, -0.1) is 0 Å². The van der Waals surface area contributed by atoms with Gasteiger partial charge in [-0.1, -0.05) is 193 Å². The van der Waals surface area contributed by atoms with Crippen molar-refractivity contribution in [2.45, 2.75) is 57.8 Å². The average molecular weight is 911 g/mol. The van der Waals surface area contributed by atoms with E-state index in [9.17, 15) is 0 Å². The Morgan fingerprint density at radius 2 is 0.957 bits per heavy atom. The summed E-state index contributed by atoms with van der Waals surface area (Å²) in [6.45, 7) is 14.5. The van der Waals surface area contributed by atoms with Crippen molar-refractivity contribution in [3.05, 3.63) is 270 Å². The molecular formula is C65H58N4O. The SMILES string of the molecule is CC(C)(c1ccccc1)c1cc(N2CN(c3cccc(Oc4ccc5c6ccccc6n(-c6cc(C(C)(C)c7ccccc7)ccn6)c5c4)c3)C=C2c2ccccc2)cc(C(C)(C)c2ccccc2)c1. The van der Waals surface area contributed by atoms with Gasteiger partial charge in [0.05, 0.1) is 23.4 Å². The van der Waals surface area contributed by atoms with E-state index in [4.69, 9.17) is 9.72 Å². The molecule has 1 aliphatic rings. The van der Waals surface area contributed by atoms with Crippen molar-refractivity contribution in [1.82, 2.24) is 9.55 Å². The first-order valence-electron chi connectivity index (χ1n) is 24.4. The molecule has 344 valence electrons.